The molecule has 28 heavy (non-hydrogen) atoms. The van der Waals surface area contributed by atoms with Gasteiger partial charge in [0.15, 0.2) is 5.96 Å². The summed E-state index contributed by atoms with van der Waals surface area (Å²) in [6, 6.07) is 6.23. The Morgan fingerprint density at radius 3 is 2.57 bits per heavy atom. The zero-order chi connectivity index (χ0) is 20.7. The number of hydrogen-bond donors (Lipinski definition) is 2. The van der Waals surface area contributed by atoms with E-state index in [2.05, 4.69) is 15.6 Å². The number of guanidine groups is 1. The molecule has 2 aromatic rings. The summed E-state index contributed by atoms with van der Waals surface area (Å²) < 4.78 is 52.6. The molecule has 1 aromatic heterocycles. The SMILES string of the molecule is CN(C)C(=O)CNC(=NCc1ccc(F)cc1C(F)(F)F)NCc1cccs1. The summed E-state index contributed by atoms with van der Waals surface area (Å²) in [6.07, 6.45) is -4.69. The number of thiophene rings is 1. The zero-order valence-corrected chi connectivity index (χ0v) is 16.1. The Bertz CT molecular complexity index is 819. The molecule has 0 fully saturated rings. The quantitative estimate of drug-likeness (QED) is 0.432. The second kappa shape index (κ2) is 9.54. The Morgan fingerprint density at radius 2 is 1.96 bits per heavy atom. The maximum Gasteiger partial charge on any atom is 0.416 e. The van der Waals surface area contributed by atoms with Crippen LogP contribution < -0.4 is 10.6 Å². The van der Waals surface area contributed by atoms with Crippen molar-refractivity contribution in [3.8, 4) is 0 Å². The van der Waals surface area contributed by atoms with Crippen LogP contribution in [0.2, 0.25) is 0 Å². The highest BCUT2D eigenvalue weighted by Crippen LogP contribution is 2.32. The molecule has 5 nitrogen and oxygen atoms in total. The van der Waals surface area contributed by atoms with E-state index in [-0.39, 0.29) is 30.5 Å². The van der Waals surface area contributed by atoms with Gasteiger partial charge in [-0.05, 0) is 29.1 Å². The predicted molar refractivity (Wildman–Crippen MR) is 100 cm³/mol. The number of halogens is 4. The molecule has 152 valence electrons. The van der Waals surface area contributed by atoms with Gasteiger partial charge >= 0.3 is 6.18 Å². The van der Waals surface area contributed by atoms with E-state index in [0.717, 1.165) is 17.0 Å². The van der Waals surface area contributed by atoms with E-state index in [1.165, 1.54) is 16.2 Å². The van der Waals surface area contributed by atoms with E-state index in [0.29, 0.717) is 12.6 Å². The van der Waals surface area contributed by atoms with E-state index >= 15 is 0 Å². The Kier molecular flexibility index (Phi) is 7.38. The van der Waals surface area contributed by atoms with E-state index in [1.54, 1.807) is 14.1 Å². The van der Waals surface area contributed by atoms with Crippen LogP contribution in [0.15, 0.2) is 40.7 Å². The summed E-state index contributed by atoms with van der Waals surface area (Å²) in [5.74, 6) is -1.00. The molecule has 1 heterocycles. The lowest BCUT2D eigenvalue weighted by Gasteiger charge is -2.15. The van der Waals surface area contributed by atoms with Crippen LogP contribution in [-0.2, 0) is 24.1 Å². The third-order valence-electron chi connectivity index (χ3n) is 3.70. The molecule has 0 unspecified atom stereocenters. The van der Waals surface area contributed by atoms with Crippen molar-refractivity contribution in [1.29, 1.82) is 0 Å². The monoisotopic (exact) mass is 416 g/mol. The number of nitrogens with zero attached hydrogens (tertiary/aromatic N) is 2. The molecule has 0 saturated heterocycles. The number of alkyl halides is 3. The lowest BCUT2D eigenvalue weighted by atomic mass is 10.1. The van der Waals surface area contributed by atoms with Gasteiger partial charge in [0.05, 0.1) is 25.2 Å². The molecule has 0 saturated carbocycles. The van der Waals surface area contributed by atoms with Crippen LogP contribution >= 0.6 is 11.3 Å². The first kappa shape index (κ1) is 21.7. The first-order chi connectivity index (χ1) is 13.2. The summed E-state index contributed by atoms with van der Waals surface area (Å²) in [6.45, 7) is -0.000921. The molecule has 1 aromatic carbocycles. The number of rotatable bonds is 6. The second-order valence-corrected chi connectivity index (χ2v) is 7.07. The van der Waals surface area contributed by atoms with Crippen LogP contribution in [0.3, 0.4) is 0 Å². The molecule has 0 aliphatic rings. The van der Waals surface area contributed by atoms with Crippen molar-refractivity contribution in [2.24, 2.45) is 4.99 Å². The largest absolute Gasteiger partial charge is 0.416 e. The summed E-state index contributed by atoms with van der Waals surface area (Å²) in [7, 11) is 3.18. The summed E-state index contributed by atoms with van der Waals surface area (Å²) in [5, 5.41) is 7.67. The van der Waals surface area contributed by atoms with Gasteiger partial charge in [0.25, 0.3) is 0 Å². The zero-order valence-electron chi connectivity index (χ0n) is 15.3. The van der Waals surface area contributed by atoms with E-state index in [9.17, 15) is 22.4 Å². The van der Waals surface area contributed by atoms with Gasteiger partial charge in [-0.1, -0.05) is 12.1 Å². The fraction of sp³-hybridized carbons (Fsp3) is 0.333. The Morgan fingerprint density at radius 1 is 1.21 bits per heavy atom. The number of carbonyl (C=O) groups is 1. The molecule has 0 radical (unpaired) electrons. The number of nitrogens with one attached hydrogen (secondary N) is 2. The maximum atomic E-state index is 13.2. The minimum absolute atomic E-state index is 0.0706. The number of likely N-dealkylation sites (N-methyl/N-ethyl adjacent to an activating group) is 1. The third kappa shape index (κ3) is 6.52. The Hall–Kier alpha value is -2.62. The third-order valence-corrected chi connectivity index (χ3v) is 4.58. The summed E-state index contributed by atoms with van der Waals surface area (Å²) in [4.78, 5) is 18.3. The first-order valence-corrected chi connectivity index (χ1v) is 9.15. The molecule has 0 atom stereocenters. The maximum absolute atomic E-state index is 13.2. The van der Waals surface area contributed by atoms with Gasteiger partial charge in [0.2, 0.25) is 5.91 Å². The standard InChI is InChI=1S/C18H20F4N4OS/c1-26(2)16(27)11-25-17(24-10-14-4-3-7-28-14)23-9-12-5-6-13(19)8-15(12)18(20,21)22/h3-8H,9-11H2,1-2H3,(H2,23,24,25). The van der Waals surface area contributed by atoms with E-state index in [4.69, 9.17) is 0 Å². The average Bonchev–Trinajstić information content (AvgIpc) is 3.14. The van der Waals surface area contributed by atoms with Gasteiger partial charge in [0, 0.05) is 19.0 Å². The fourth-order valence-corrected chi connectivity index (χ4v) is 2.83. The van der Waals surface area contributed by atoms with Crippen LogP contribution in [0, 0.1) is 5.82 Å². The van der Waals surface area contributed by atoms with Gasteiger partial charge in [-0.3, -0.25) is 4.79 Å². The lowest BCUT2D eigenvalue weighted by molar-refractivity contribution is -0.138. The van der Waals surface area contributed by atoms with Crippen molar-refractivity contribution in [2.45, 2.75) is 19.3 Å². The van der Waals surface area contributed by atoms with Crippen LogP contribution in [0.25, 0.3) is 0 Å². The van der Waals surface area contributed by atoms with Gasteiger partial charge in [-0.25, -0.2) is 9.38 Å². The predicted octanol–water partition coefficient (Wildman–Crippen LogP) is 3.23. The van der Waals surface area contributed by atoms with Crippen molar-refractivity contribution in [3.63, 3.8) is 0 Å². The number of carbonyl (C=O) groups excluding carboxylic acids is 1. The molecule has 0 aliphatic heterocycles. The van der Waals surface area contributed by atoms with Crippen molar-refractivity contribution in [1.82, 2.24) is 15.5 Å². The molecule has 0 bridgehead atoms. The smallest absolute Gasteiger partial charge is 0.351 e. The molecule has 10 heteroatoms. The van der Waals surface area contributed by atoms with Gasteiger partial charge in [-0.2, -0.15) is 13.2 Å². The molecule has 0 aliphatic carbocycles. The van der Waals surface area contributed by atoms with Gasteiger partial charge < -0.3 is 15.5 Å². The Balaban J connectivity index is 2.17. The first-order valence-electron chi connectivity index (χ1n) is 8.27. The minimum atomic E-state index is -4.69. The van der Waals surface area contributed by atoms with E-state index in [1.807, 2.05) is 17.5 Å². The van der Waals surface area contributed by atoms with Crippen LogP contribution in [0.1, 0.15) is 16.0 Å². The molecule has 0 spiro atoms. The van der Waals surface area contributed by atoms with Crippen LogP contribution in [-0.4, -0.2) is 37.4 Å². The molecule has 1 amide bonds. The lowest BCUT2D eigenvalue weighted by Crippen LogP contribution is -2.42. The highest BCUT2D eigenvalue weighted by atomic mass is 32.1. The van der Waals surface area contributed by atoms with Crippen LogP contribution in [0.5, 0.6) is 0 Å². The summed E-state index contributed by atoms with van der Waals surface area (Å²) in [5.41, 5.74) is -1.23. The highest BCUT2D eigenvalue weighted by Gasteiger charge is 2.33. The number of amides is 1. The van der Waals surface area contributed by atoms with E-state index < -0.39 is 17.6 Å². The van der Waals surface area contributed by atoms with Crippen molar-refractivity contribution < 1.29 is 22.4 Å². The molecule has 2 N–H and O–H groups in total. The second-order valence-electron chi connectivity index (χ2n) is 6.04. The summed E-state index contributed by atoms with van der Waals surface area (Å²) >= 11 is 1.51. The van der Waals surface area contributed by atoms with Crippen molar-refractivity contribution in [2.75, 3.05) is 20.6 Å². The molecular weight excluding hydrogens is 396 g/mol. The number of hydrogen-bond acceptors (Lipinski definition) is 3. The van der Waals surface area contributed by atoms with Gasteiger partial charge in [0.1, 0.15) is 5.82 Å². The van der Waals surface area contributed by atoms with Gasteiger partial charge in [-0.15, -0.1) is 11.3 Å². The topological polar surface area (TPSA) is 56.7 Å². The fourth-order valence-electron chi connectivity index (χ4n) is 2.19. The molecular formula is C18H20F4N4OS. The van der Waals surface area contributed by atoms with Crippen molar-refractivity contribution >= 4 is 23.2 Å². The van der Waals surface area contributed by atoms with Crippen LogP contribution in [0.4, 0.5) is 17.6 Å². The average molecular weight is 416 g/mol. The Labute approximate surface area is 164 Å². The number of aliphatic imine (C=N–C) groups is 1. The minimum Gasteiger partial charge on any atom is -0.351 e. The number of benzene rings is 1. The van der Waals surface area contributed by atoms with Crippen molar-refractivity contribution in [3.05, 3.63) is 57.5 Å². The highest BCUT2D eigenvalue weighted by molar-refractivity contribution is 7.09. The normalized spacial score (nSPS) is 12.0. The molecule has 2 rings (SSSR count).